The zero-order chi connectivity index (χ0) is 13.0. The molecular weight excluding hydrogens is 230 g/mol. The van der Waals surface area contributed by atoms with Crippen LogP contribution in [-0.2, 0) is 6.54 Å². The molecule has 2 N–H and O–H groups in total. The van der Waals surface area contributed by atoms with Gasteiger partial charge in [0.05, 0.1) is 12.2 Å². The predicted octanol–water partition coefficient (Wildman–Crippen LogP) is 1.12. The number of hydrogen-bond donors (Lipinski definition) is 2. The van der Waals surface area contributed by atoms with Crippen LogP contribution in [0.1, 0.15) is 16.2 Å². The molecule has 2 heterocycles. The number of nitrogens with one attached hydrogen (secondary N) is 2. The standard InChI is InChI=1S/C12H15N5O/c1-17(2)12(18)11-7-9(3-5-13-11)14-8-10-4-6-15-16-10/h3-7H,8H2,1-2H3,(H,13,14)(H,15,16). The summed E-state index contributed by atoms with van der Waals surface area (Å²) >= 11 is 0. The van der Waals surface area contributed by atoms with Crippen LogP contribution in [0.15, 0.2) is 30.6 Å². The number of nitrogens with zero attached hydrogens (tertiary/aromatic N) is 3. The fraction of sp³-hybridized carbons (Fsp3) is 0.250. The highest BCUT2D eigenvalue weighted by molar-refractivity contribution is 5.92. The highest BCUT2D eigenvalue weighted by atomic mass is 16.2. The molecule has 1 amide bonds. The Morgan fingerprint density at radius 2 is 2.22 bits per heavy atom. The Morgan fingerprint density at radius 3 is 2.89 bits per heavy atom. The van der Waals surface area contributed by atoms with Gasteiger partial charge in [0.15, 0.2) is 0 Å². The van der Waals surface area contributed by atoms with E-state index in [1.807, 2.05) is 12.1 Å². The van der Waals surface area contributed by atoms with Gasteiger partial charge in [-0.15, -0.1) is 0 Å². The molecule has 0 saturated heterocycles. The second kappa shape index (κ2) is 5.31. The summed E-state index contributed by atoms with van der Waals surface area (Å²) in [6, 6.07) is 5.45. The van der Waals surface area contributed by atoms with Crippen molar-refractivity contribution in [2.24, 2.45) is 0 Å². The van der Waals surface area contributed by atoms with E-state index < -0.39 is 0 Å². The van der Waals surface area contributed by atoms with Crippen molar-refractivity contribution in [1.82, 2.24) is 20.1 Å². The maximum atomic E-state index is 11.7. The first-order chi connectivity index (χ1) is 8.66. The van der Waals surface area contributed by atoms with Gasteiger partial charge in [-0.2, -0.15) is 5.10 Å². The summed E-state index contributed by atoms with van der Waals surface area (Å²) < 4.78 is 0. The fourth-order valence-electron chi connectivity index (χ4n) is 1.47. The highest BCUT2D eigenvalue weighted by Gasteiger charge is 2.09. The van der Waals surface area contributed by atoms with E-state index >= 15 is 0 Å². The molecule has 18 heavy (non-hydrogen) atoms. The molecule has 6 heteroatoms. The average Bonchev–Trinajstić information content (AvgIpc) is 2.89. The molecule has 0 unspecified atom stereocenters. The first kappa shape index (κ1) is 12.1. The Labute approximate surface area is 105 Å². The molecule has 2 aromatic heterocycles. The van der Waals surface area contributed by atoms with Gasteiger partial charge in [-0.05, 0) is 18.2 Å². The number of pyridine rings is 1. The Bertz CT molecular complexity index is 521. The minimum Gasteiger partial charge on any atom is -0.379 e. The summed E-state index contributed by atoms with van der Waals surface area (Å²) in [5, 5.41) is 9.92. The van der Waals surface area contributed by atoms with Gasteiger partial charge in [-0.1, -0.05) is 0 Å². The number of hydrogen-bond acceptors (Lipinski definition) is 4. The maximum absolute atomic E-state index is 11.7. The van der Waals surface area contributed by atoms with Gasteiger partial charge in [-0.3, -0.25) is 14.9 Å². The average molecular weight is 245 g/mol. The Kier molecular flexibility index (Phi) is 3.57. The van der Waals surface area contributed by atoms with Crippen LogP contribution in [0.2, 0.25) is 0 Å². The van der Waals surface area contributed by atoms with Crippen LogP contribution in [0.4, 0.5) is 5.69 Å². The number of aromatic amines is 1. The van der Waals surface area contributed by atoms with Crippen molar-refractivity contribution in [3.8, 4) is 0 Å². The minimum absolute atomic E-state index is 0.111. The lowest BCUT2D eigenvalue weighted by Gasteiger charge is -2.10. The summed E-state index contributed by atoms with van der Waals surface area (Å²) in [6.07, 6.45) is 3.32. The molecule has 0 aliphatic heterocycles. The zero-order valence-electron chi connectivity index (χ0n) is 10.3. The lowest BCUT2D eigenvalue weighted by molar-refractivity contribution is 0.0822. The molecule has 6 nitrogen and oxygen atoms in total. The van der Waals surface area contributed by atoms with Gasteiger partial charge < -0.3 is 10.2 Å². The molecule has 0 bridgehead atoms. The third-order valence-corrected chi connectivity index (χ3v) is 2.43. The number of rotatable bonds is 4. The maximum Gasteiger partial charge on any atom is 0.272 e. The predicted molar refractivity (Wildman–Crippen MR) is 68.2 cm³/mol. The molecule has 0 aliphatic rings. The molecule has 94 valence electrons. The number of carbonyl (C=O) groups excluding carboxylic acids is 1. The molecule has 0 atom stereocenters. The smallest absolute Gasteiger partial charge is 0.272 e. The summed E-state index contributed by atoms with van der Waals surface area (Å²) in [7, 11) is 3.41. The van der Waals surface area contributed by atoms with Crippen LogP contribution >= 0.6 is 0 Å². The van der Waals surface area contributed by atoms with Crippen LogP contribution in [0.5, 0.6) is 0 Å². The number of anilines is 1. The molecule has 0 aromatic carbocycles. The van der Waals surface area contributed by atoms with Crippen molar-refractivity contribution in [3.63, 3.8) is 0 Å². The summed E-state index contributed by atoms with van der Waals surface area (Å²) in [5.74, 6) is -0.111. The van der Waals surface area contributed by atoms with Crippen LogP contribution < -0.4 is 5.32 Å². The topological polar surface area (TPSA) is 73.9 Å². The van der Waals surface area contributed by atoms with E-state index in [4.69, 9.17) is 0 Å². The van der Waals surface area contributed by atoms with Crippen molar-refractivity contribution in [2.75, 3.05) is 19.4 Å². The lowest BCUT2D eigenvalue weighted by atomic mass is 10.3. The molecule has 0 aliphatic carbocycles. The Hall–Kier alpha value is -2.37. The number of amides is 1. The quantitative estimate of drug-likeness (QED) is 0.846. The van der Waals surface area contributed by atoms with Crippen molar-refractivity contribution in [2.45, 2.75) is 6.54 Å². The third-order valence-electron chi connectivity index (χ3n) is 2.43. The monoisotopic (exact) mass is 245 g/mol. The number of aromatic nitrogens is 3. The molecule has 0 spiro atoms. The summed E-state index contributed by atoms with van der Waals surface area (Å²) in [6.45, 7) is 0.625. The van der Waals surface area contributed by atoms with Crippen LogP contribution in [0, 0.1) is 0 Å². The first-order valence-electron chi connectivity index (χ1n) is 5.56. The largest absolute Gasteiger partial charge is 0.379 e. The van der Waals surface area contributed by atoms with E-state index in [0.717, 1.165) is 11.4 Å². The van der Waals surface area contributed by atoms with E-state index in [1.165, 1.54) is 4.90 Å². The summed E-state index contributed by atoms with van der Waals surface area (Å²) in [4.78, 5) is 17.3. The first-order valence-corrected chi connectivity index (χ1v) is 5.56. The molecule has 0 saturated carbocycles. The fourth-order valence-corrected chi connectivity index (χ4v) is 1.47. The minimum atomic E-state index is -0.111. The molecule has 0 radical (unpaired) electrons. The molecule has 2 rings (SSSR count). The van der Waals surface area contributed by atoms with Gasteiger partial charge in [0.1, 0.15) is 5.69 Å². The van der Waals surface area contributed by atoms with E-state index in [0.29, 0.717) is 12.2 Å². The highest BCUT2D eigenvalue weighted by Crippen LogP contribution is 2.10. The van der Waals surface area contributed by atoms with Gasteiger partial charge >= 0.3 is 0 Å². The second-order valence-corrected chi connectivity index (χ2v) is 4.06. The van der Waals surface area contributed by atoms with Crippen LogP contribution in [0.25, 0.3) is 0 Å². The second-order valence-electron chi connectivity index (χ2n) is 4.06. The number of H-pyrrole nitrogens is 1. The summed E-state index contributed by atoms with van der Waals surface area (Å²) in [5.41, 5.74) is 2.26. The lowest BCUT2D eigenvalue weighted by Crippen LogP contribution is -2.22. The van der Waals surface area contributed by atoms with Crippen molar-refractivity contribution in [1.29, 1.82) is 0 Å². The van der Waals surface area contributed by atoms with Gasteiger partial charge in [0.2, 0.25) is 0 Å². The van der Waals surface area contributed by atoms with E-state index in [1.54, 1.807) is 32.6 Å². The van der Waals surface area contributed by atoms with E-state index in [2.05, 4.69) is 20.5 Å². The van der Waals surface area contributed by atoms with Gasteiger partial charge in [0, 0.05) is 32.2 Å². The Balaban J connectivity index is 2.05. The molecule has 0 fully saturated rings. The van der Waals surface area contributed by atoms with E-state index in [9.17, 15) is 4.79 Å². The van der Waals surface area contributed by atoms with E-state index in [-0.39, 0.29) is 5.91 Å². The molecular formula is C12H15N5O. The zero-order valence-corrected chi connectivity index (χ0v) is 10.3. The van der Waals surface area contributed by atoms with Crippen molar-refractivity contribution in [3.05, 3.63) is 42.0 Å². The molecule has 2 aromatic rings. The Morgan fingerprint density at radius 1 is 1.39 bits per heavy atom. The van der Waals surface area contributed by atoms with Gasteiger partial charge in [-0.25, -0.2) is 0 Å². The van der Waals surface area contributed by atoms with Crippen molar-refractivity contribution >= 4 is 11.6 Å². The van der Waals surface area contributed by atoms with Crippen LogP contribution in [-0.4, -0.2) is 40.1 Å². The normalized spacial score (nSPS) is 10.1. The van der Waals surface area contributed by atoms with Crippen LogP contribution in [0.3, 0.4) is 0 Å². The van der Waals surface area contributed by atoms with Crippen molar-refractivity contribution < 1.29 is 4.79 Å². The SMILES string of the molecule is CN(C)C(=O)c1cc(NCc2ccn[nH]2)ccn1. The van der Waals surface area contributed by atoms with Gasteiger partial charge in [0.25, 0.3) is 5.91 Å². The third kappa shape index (κ3) is 2.85. The number of carbonyl (C=O) groups is 1.